The van der Waals surface area contributed by atoms with Gasteiger partial charge >= 0.3 is 35.8 Å². The Hall–Kier alpha value is -3.28. The highest BCUT2D eigenvalue weighted by Crippen LogP contribution is 2.18. The van der Waals surface area contributed by atoms with Crippen LogP contribution in [0, 0.1) is 0 Å². The van der Waals surface area contributed by atoms with E-state index in [0.717, 1.165) is 116 Å². The van der Waals surface area contributed by atoms with Crippen LogP contribution < -0.4 is 24.8 Å². The number of carbonyl (C=O) groups is 6. The van der Waals surface area contributed by atoms with Crippen LogP contribution in [0.3, 0.4) is 0 Å². The van der Waals surface area contributed by atoms with Crippen molar-refractivity contribution in [2.75, 3.05) is 80.8 Å². The van der Waals surface area contributed by atoms with Gasteiger partial charge in [0.25, 0.3) is 0 Å². The summed E-state index contributed by atoms with van der Waals surface area (Å²) in [6, 6.07) is 0. The van der Waals surface area contributed by atoms with Crippen molar-refractivity contribution in [2.24, 2.45) is 0 Å². The van der Waals surface area contributed by atoms with Crippen molar-refractivity contribution in [3.05, 3.63) is 24.3 Å². The van der Waals surface area contributed by atoms with Gasteiger partial charge in [-0.3, -0.25) is 19.2 Å². The zero-order valence-corrected chi connectivity index (χ0v) is 47.2. The van der Waals surface area contributed by atoms with Crippen LogP contribution in [0.4, 0.5) is 0 Å². The molecule has 422 valence electrons. The molecule has 0 aliphatic heterocycles. The van der Waals surface area contributed by atoms with Gasteiger partial charge in [0.05, 0.1) is 40.4 Å². The number of hydrogen-bond acceptors (Lipinski definition) is 14. The number of nitrogens with zero attached hydrogens (tertiary/aromatic N) is 2. The highest BCUT2D eigenvalue weighted by atomic mass is 35.5. The van der Waals surface area contributed by atoms with Crippen molar-refractivity contribution in [1.82, 2.24) is 0 Å². The predicted octanol–water partition coefficient (Wildman–Crippen LogP) is 2.42. The standard InChI is InChI=1S/C54H98N2O14.2ClH/c1-9-11-25-33-49(69-53(63)43-55(5,6)37-39-65-45(3)57)47(59)31-27-21-17-13-15-19-23-29-35-51(61)67-41-42-68-52(62)36-30-24-20-16-14-18-22-28-32-48(60)50(34-26-12-10-2)70-54(64)44-56(7,8)38-40-66-46(4)58;;/h21-22,27-28,47-50,59-60H,9-20,23-26,29-44H2,1-8H3;2*1H/q+2;;/p-2/b27-21-,28-22-;;. The summed E-state index contributed by atoms with van der Waals surface area (Å²) >= 11 is 0. The minimum Gasteiger partial charge on any atom is -1.00 e. The Morgan fingerprint density at radius 3 is 1.14 bits per heavy atom. The SMILES string of the molecule is CCCCCC(OC(=O)C[N+](C)(C)CCOC(C)=O)C(O)C/C=C\CCCCCCCC(=O)OCCOC(=O)CCCCCCC/C=C\CC(O)C(CCCCC)OC(=O)C[N+](C)(C)CCOC(C)=O.[Cl-].[Cl-]. The van der Waals surface area contributed by atoms with Crippen LogP contribution in [0.25, 0.3) is 0 Å². The van der Waals surface area contributed by atoms with Crippen molar-refractivity contribution in [1.29, 1.82) is 0 Å². The lowest BCUT2D eigenvalue weighted by atomic mass is 10.0. The largest absolute Gasteiger partial charge is 1.00 e. The van der Waals surface area contributed by atoms with Crippen LogP contribution in [0.15, 0.2) is 24.3 Å². The summed E-state index contributed by atoms with van der Waals surface area (Å²) in [4.78, 5) is 72.0. The van der Waals surface area contributed by atoms with E-state index in [2.05, 4.69) is 26.0 Å². The predicted molar refractivity (Wildman–Crippen MR) is 271 cm³/mol. The van der Waals surface area contributed by atoms with Gasteiger partial charge in [0.15, 0.2) is 13.1 Å². The average Bonchev–Trinajstić information content (AvgIpc) is 3.27. The van der Waals surface area contributed by atoms with Crippen molar-refractivity contribution < 1.29 is 101 Å². The number of ether oxygens (including phenoxy) is 6. The summed E-state index contributed by atoms with van der Waals surface area (Å²) in [5.41, 5.74) is 0. The van der Waals surface area contributed by atoms with Crippen LogP contribution in [0.1, 0.15) is 182 Å². The van der Waals surface area contributed by atoms with Gasteiger partial charge in [-0.05, 0) is 77.0 Å². The lowest BCUT2D eigenvalue weighted by molar-refractivity contribution is -0.883. The minimum absolute atomic E-state index is 0. The molecule has 0 radical (unpaired) electrons. The molecule has 0 amide bonds. The molecular weight excluding hydrogens is 971 g/mol. The zero-order valence-electron chi connectivity index (χ0n) is 45.7. The van der Waals surface area contributed by atoms with Gasteiger partial charge in [0.2, 0.25) is 0 Å². The lowest BCUT2D eigenvalue weighted by Gasteiger charge is -2.30. The van der Waals surface area contributed by atoms with Gasteiger partial charge in [-0.25, -0.2) is 9.59 Å². The zero-order chi connectivity index (χ0) is 52.5. The Morgan fingerprint density at radius 1 is 0.444 bits per heavy atom. The maximum absolute atomic E-state index is 12.8. The third-order valence-electron chi connectivity index (χ3n) is 11.9. The first-order valence-corrected chi connectivity index (χ1v) is 26.6. The van der Waals surface area contributed by atoms with E-state index in [1.54, 1.807) is 0 Å². The smallest absolute Gasteiger partial charge is 0.362 e. The Balaban J connectivity index is -0.0000238. The van der Waals surface area contributed by atoms with Crippen LogP contribution in [0.2, 0.25) is 0 Å². The monoisotopic (exact) mass is 1070 g/mol. The number of carbonyl (C=O) groups excluding carboxylic acids is 6. The highest BCUT2D eigenvalue weighted by molar-refractivity contribution is 5.71. The molecular formula is C54H98Cl2N2O14. The molecule has 2 N–H and O–H groups in total. The first kappa shape index (κ1) is 73.0. The van der Waals surface area contributed by atoms with Gasteiger partial charge in [0.1, 0.15) is 51.7 Å². The quantitative estimate of drug-likeness (QED) is 0.0297. The molecule has 0 saturated carbocycles. The van der Waals surface area contributed by atoms with Crippen LogP contribution in [-0.2, 0) is 57.2 Å². The van der Waals surface area contributed by atoms with E-state index in [1.165, 1.54) is 13.8 Å². The van der Waals surface area contributed by atoms with E-state index in [1.807, 2.05) is 40.3 Å². The van der Waals surface area contributed by atoms with Crippen molar-refractivity contribution in [2.45, 2.75) is 206 Å². The van der Waals surface area contributed by atoms with E-state index in [9.17, 15) is 39.0 Å². The first-order valence-electron chi connectivity index (χ1n) is 26.6. The number of hydrogen-bond donors (Lipinski definition) is 2. The Bertz CT molecular complexity index is 1390. The maximum atomic E-state index is 12.8. The molecule has 0 heterocycles. The normalized spacial score (nSPS) is 13.3. The van der Waals surface area contributed by atoms with Gasteiger partial charge in [-0.2, -0.15) is 0 Å². The number of halogens is 2. The minimum atomic E-state index is -0.788. The number of quaternary nitrogens is 2. The molecule has 0 spiro atoms. The molecule has 0 aliphatic carbocycles. The molecule has 0 saturated heterocycles. The number of aliphatic hydroxyl groups is 2. The van der Waals surface area contributed by atoms with Gasteiger partial charge in [-0.15, -0.1) is 0 Å². The van der Waals surface area contributed by atoms with Crippen LogP contribution in [0.5, 0.6) is 0 Å². The number of allylic oxidation sites excluding steroid dienone is 2. The average molecular weight is 1070 g/mol. The molecule has 0 aromatic carbocycles. The number of unbranched alkanes of at least 4 members (excludes halogenated alkanes) is 14. The van der Waals surface area contributed by atoms with Crippen molar-refractivity contribution >= 4 is 35.8 Å². The topological polar surface area (TPSA) is 198 Å². The first-order chi connectivity index (χ1) is 33.3. The van der Waals surface area contributed by atoms with Gasteiger partial charge in [-0.1, -0.05) is 102 Å². The fourth-order valence-corrected chi connectivity index (χ4v) is 7.58. The van der Waals surface area contributed by atoms with E-state index in [0.29, 0.717) is 60.6 Å². The van der Waals surface area contributed by atoms with E-state index >= 15 is 0 Å². The fraction of sp³-hybridized carbons (Fsp3) is 0.815. The fourth-order valence-electron chi connectivity index (χ4n) is 7.58. The Morgan fingerprint density at radius 2 is 0.792 bits per heavy atom. The summed E-state index contributed by atoms with van der Waals surface area (Å²) < 4.78 is 32.7. The molecule has 4 unspecified atom stereocenters. The van der Waals surface area contributed by atoms with E-state index in [4.69, 9.17) is 28.4 Å². The number of esters is 6. The molecule has 0 aliphatic rings. The van der Waals surface area contributed by atoms with Crippen molar-refractivity contribution in [3.63, 3.8) is 0 Å². The second kappa shape index (κ2) is 46.3. The van der Waals surface area contributed by atoms with Crippen LogP contribution >= 0.6 is 0 Å². The Kier molecular flexibility index (Phi) is 46.9. The second-order valence-corrected chi connectivity index (χ2v) is 20.0. The molecule has 4 atom stereocenters. The highest BCUT2D eigenvalue weighted by Gasteiger charge is 2.29. The third-order valence-corrected chi connectivity index (χ3v) is 11.9. The maximum Gasteiger partial charge on any atom is 0.362 e. The van der Waals surface area contributed by atoms with E-state index < -0.39 is 24.4 Å². The van der Waals surface area contributed by atoms with Crippen molar-refractivity contribution in [3.8, 4) is 0 Å². The molecule has 72 heavy (non-hydrogen) atoms. The summed E-state index contributed by atoms with van der Waals surface area (Å²) in [6.45, 7) is 8.64. The van der Waals surface area contributed by atoms with Gasteiger partial charge in [0, 0.05) is 26.7 Å². The Labute approximate surface area is 446 Å². The summed E-state index contributed by atoms with van der Waals surface area (Å²) in [5.74, 6) is -2.05. The third kappa shape index (κ3) is 45.3. The van der Waals surface area contributed by atoms with E-state index in [-0.39, 0.29) is 100 Å². The number of aliphatic hydroxyl groups excluding tert-OH is 2. The summed E-state index contributed by atoms with van der Waals surface area (Å²) in [7, 11) is 7.49. The lowest BCUT2D eigenvalue weighted by Crippen LogP contribution is -3.00. The second-order valence-electron chi connectivity index (χ2n) is 20.0. The molecule has 0 aromatic heterocycles. The summed E-state index contributed by atoms with van der Waals surface area (Å²) in [6.07, 6.45) is 24.8. The molecule has 0 aromatic rings. The van der Waals surface area contributed by atoms with Gasteiger partial charge < -0.3 is 72.4 Å². The molecule has 0 bridgehead atoms. The number of rotatable bonds is 45. The van der Waals surface area contributed by atoms with Crippen LogP contribution in [-0.4, -0.2) is 160 Å². The molecule has 16 nitrogen and oxygen atoms in total. The molecule has 0 fully saturated rings. The summed E-state index contributed by atoms with van der Waals surface area (Å²) in [5, 5.41) is 21.8. The molecule has 18 heteroatoms. The number of likely N-dealkylation sites (N-methyl/N-ethyl adjacent to an activating group) is 2. The molecule has 0 rings (SSSR count).